The van der Waals surface area contributed by atoms with Gasteiger partial charge in [0.15, 0.2) is 0 Å². The Balaban J connectivity index is 2.38. The average Bonchev–Trinajstić information content (AvgIpc) is 2.31. The molecule has 0 aliphatic heterocycles. The fraction of sp³-hybridized carbons (Fsp3) is 0.429. The van der Waals surface area contributed by atoms with Crippen LogP contribution in [0.4, 0.5) is 8.78 Å². The van der Waals surface area contributed by atoms with Crippen LogP contribution in [-0.4, -0.2) is 19.8 Å². The molecule has 0 aromatic heterocycles. The predicted molar refractivity (Wildman–Crippen MR) is 68.4 cm³/mol. The number of halogens is 2. The Labute approximate surface area is 107 Å². The van der Waals surface area contributed by atoms with E-state index in [4.69, 9.17) is 4.74 Å². The molecule has 1 N–H and O–H groups in total. The van der Waals surface area contributed by atoms with Gasteiger partial charge in [-0.05, 0) is 32.0 Å². The maximum atomic E-state index is 13.5. The van der Waals surface area contributed by atoms with Gasteiger partial charge in [0.1, 0.15) is 11.6 Å². The summed E-state index contributed by atoms with van der Waals surface area (Å²) in [4.78, 5) is 0. The molecule has 0 saturated carbocycles. The molecule has 0 saturated heterocycles. The summed E-state index contributed by atoms with van der Waals surface area (Å²) in [5.41, 5.74) is 1.29. The van der Waals surface area contributed by atoms with E-state index in [0.717, 1.165) is 17.7 Å². The largest absolute Gasteiger partial charge is 0.376 e. The summed E-state index contributed by atoms with van der Waals surface area (Å²) in [7, 11) is 0. The van der Waals surface area contributed by atoms with E-state index in [1.54, 1.807) is 6.92 Å². The molecule has 0 bridgehead atoms. The Morgan fingerprint density at radius 2 is 2.17 bits per heavy atom. The molecular formula is C14H19F2NO. The van der Waals surface area contributed by atoms with E-state index in [1.165, 1.54) is 6.07 Å². The molecule has 0 aliphatic carbocycles. The molecule has 0 spiro atoms. The normalized spacial score (nSPS) is 12.4. The van der Waals surface area contributed by atoms with Crippen LogP contribution in [0, 0.1) is 11.6 Å². The SMILES string of the molecule is C=C(C)COCCNC(C)c1cc(F)ccc1F. The van der Waals surface area contributed by atoms with Crippen molar-refractivity contribution in [2.45, 2.75) is 19.9 Å². The van der Waals surface area contributed by atoms with E-state index < -0.39 is 11.6 Å². The Hall–Kier alpha value is -1.26. The smallest absolute Gasteiger partial charge is 0.128 e. The lowest BCUT2D eigenvalue weighted by Gasteiger charge is -2.15. The van der Waals surface area contributed by atoms with Crippen molar-refractivity contribution in [1.29, 1.82) is 0 Å². The fourth-order valence-corrected chi connectivity index (χ4v) is 1.55. The summed E-state index contributed by atoms with van der Waals surface area (Å²) in [6.07, 6.45) is 0. The molecule has 0 amide bonds. The van der Waals surface area contributed by atoms with Gasteiger partial charge < -0.3 is 10.1 Å². The predicted octanol–water partition coefficient (Wildman–Crippen LogP) is 3.21. The minimum absolute atomic E-state index is 0.255. The van der Waals surface area contributed by atoms with Gasteiger partial charge in [0.2, 0.25) is 0 Å². The van der Waals surface area contributed by atoms with Gasteiger partial charge >= 0.3 is 0 Å². The van der Waals surface area contributed by atoms with Crippen LogP contribution in [-0.2, 0) is 4.74 Å². The molecule has 0 heterocycles. The molecule has 1 aromatic rings. The molecule has 100 valence electrons. The van der Waals surface area contributed by atoms with Crippen molar-refractivity contribution in [3.63, 3.8) is 0 Å². The Kier molecular flexibility index (Phi) is 5.95. The lowest BCUT2D eigenvalue weighted by Crippen LogP contribution is -2.24. The van der Waals surface area contributed by atoms with Crippen LogP contribution >= 0.6 is 0 Å². The van der Waals surface area contributed by atoms with Crippen molar-refractivity contribution in [1.82, 2.24) is 5.32 Å². The van der Waals surface area contributed by atoms with Crippen LogP contribution in [0.1, 0.15) is 25.5 Å². The second-order valence-electron chi connectivity index (χ2n) is 4.35. The number of hydrogen-bond donors (Lipinski definition) is 1. The highest BCUT2D eigenvalue weighted by Crippen LogP contribution is 2.17. The Bertz CT molecular complexity index is 407. The standard InChI is InChI=1S/C14H19F2NO/c1-10(2)9-18-7-6-17-11(3)13-8-12(15)4-5-14(13)16/h4-5,8,11,17H,1,6-7,9H2,2-3H3. The van der Waals surface area contributed by atoms with Gasteiger partial charge in [0.05, 0.1) is 13.2 Å². The second kappa shape index (κ2) is 7.24. The maximum Gasteiger partial charge on any atom is 0.128 e. The summed E-state index contributed by atoms with van der Waals surface area (Å²) in [6.45, 7) is 9.00. The zero-order valence-corrected chi connectivity index (χ0v) is 10.8. The Morgan fingerprint density at radius 3 is 2.83 bits per heavy atom. The van der Waals surface area contributed by atoms with Gasteiger partial charge in [0, 0.05) is 18.2 Å². The lowest BCUT2D eigenvalue weighted by molar-refractivity contribution is 0.155. The van der Waals surface area contributed by atoms with Crippen molar-refractivity contribution in [3.05, 3.63) is 47.5 Å². The first kappa shape index (κ1) is 14.8. The van der Waals surface area contributed by atoms with E-state index >= 15 is 0 Å². The minimum atomic E-state index is -0.432. The molecule has 4 heteroatoms. The summed E-state index contributed by atoms with van der Waals surface area (Å²) < 4.78 is 31.8. The van der Waals surface area contributed by atoms with E-state index in [9.17, 15) is 8.78 Å². The van der Waals surface area contributed by atoms with Gasteiger partial charge in [-0.25, -0.2) is 8.78 Å². The van der Waals surface area contributed by atoms with Crippen LogP contribution < -0.4 is 5.32 Å². The van der Waals surface area contributed by atoms with Gasteiger partial charge in [-0.1, -0.05) is 12.2 Å². The number of rotatable bonds is 7. The topological polar surface area (TPSA) is 21.3 Å². The number of nitrogens with one attached hydrogen (secondary N) is 1. The summed E-state index contributed by atoms with van der Waals surface area (Å²) in [5, 5.41) is 3.08. The van der Waals surface area contributed by atoms with Gasteiger partial charge in [-0.15, -0.1) is 0 Å². The van der Waals surface area contributed by atoms with Crippen molar-refractivity contribution >= 4 is 0 Å². The zero-order valence-electron chi connectivity index (χ0n) is 10.8. The maximum absolute atomic E-state index is 13.5. The quantitative estimate of drug-likeness (QED) is 0.596. The van der Waals surface area contributed by atoms with Crippen molar-refractivity contribution < 1.29 is 13.5 Å². The highest BCUT2D eigenvalue weighted by molar-refractivity contribution is 5.21. The van der Waals surface area contributed by atoms with Crippen molar-refractivity contribution in [2.24, 2.45) is 0 Å². The molecule has 1 rings (SSSR count). The molecule has 0 radical (unpaired) electrons. The van der Waals surface area contributed by atoms with E-state index in [2.05, 4.69) is 11.9 Å². The van der Waals surface area contributed by atoms with E-state index in [0.29, 0.717) is 25.3 Å². The first-order chi connectivity index (χ1) is 8.50. The van der Waals surface area contributed by atoms with Crippen LogP contribution in [0.5, 0.6) is 0 Å². The first-order valence-corrected chi connectivity index (χ1v) is 5.91. The van der Waals surface area contributed by atoms with E-state index in [1.807, 2.05) is 6.92 Å². The summed E-state index contributed by atoms with van der Waals surface area (Å²) in [5.74, 6) is -0.835. The number of hydrogen-bond acceptors (Lipinski definition) is 2. The third-order valence-electron chi connectivity index (χ3n) is 2.47. The van der Waals surface area contributed by atoms with Crippen LogP contribution in [0.3, 0.4) is 0 Å². The zero-order chi connectivity index (χ0) is 13.5. The molecule has 2 nitrogen and oxygen atoms in total. The fourth-order valence-electron chi connectivity index (χ4n) is 1.55. The van der Waals surface area contributed by atoms with Crippen LogP contribution in [0.15, 0.2) is 30.4 Å². The minimum Gasteiger partial charge on any atom is -0.376 e. The highest BCUT2D eigenvalue weighted by atomic mass is 19.1. The lowest BCUT2D eigenvalue weighted by atomic mass is 10.1. The Morgan fingerprint density at radius 1 is 1.44 bits per heavy atom. The van der Waals surface area contributed by atoms with Gasteiger partial charge in [-0.3, -0.25) is 0 Å². The second-order valence-corrected chi connectivity index (χ2v) is 4.35. The molecule has 1 atom stereocenters. The molecule has 0 aliphatic rings. The molecule has 1 aromatic carbocycles. The highest BCUT2D eigenvalue weighted by Gasteiger charge is 2.11. The van der Waals surface area contributed by atoms with E-state index in [-0.39, 0.29) is 6.04 Å². The molecule has 1 unspecified atom stereocenters. The molecular weight excluding hydrogens is 236 g/mol. The first-order valence-electron chi connectivity index (χ1n) is 5.91. The summed E-state index contributed by atoms with van der Waals surface area (Å²) >= 11 is 0. The average molecular weight is 255 g/mol. The van der Waals surface area contributed by atoms with Crippen LogP contribution in [0.2, 0.25) is 0 Å². The van der Waals surface area contributed by atoms with Gasteiger partial charge in [0.25, 0.3) is 0 Å². The molecule has 0 fully saturated rings. The summed E-state index contributed by atoms with van der Waals surface area (Å²) in [6, 6.07) is 3.21. The molecule has 18 heavy (non-hydrogen) atoms. The number of benzene rings is 1. The number of ether oxygens (including phenoxy) is 1. The van der Waals surface area contributed by atoms with Crippen molar-refractivity contribution in [2.75, 3.05) is 19.8 Å². The van der Waals surface area contributed by atoms with Crippen molar-refractivity contribution in [3.8, 4) is 0 Å². The monoisotopic (exact) mass is 255 g/mol. The van der Waals surface area contributed by atoms with Crippen LogP contribution in [0.25, 0.3) is 0 Å². The third kappa shape index (κ3) is 4.94. The third-order valence-corrected chi connectivity index (χ3v) is 2.47. The van der Waals surface area contributed by atoms with Gasteiger partial charge in [-0.2, -0.15) is 0 Å².